The minimum Gasteiger partial charge on any atom is -0.493 e. The van der Waals surface area contributed by atoms with Gasteiger partial charge in [0.05, 0.1) is 30.4 Å². The Hall–Kier alpha value is -3.33. The quantitative estimate of drug-likeness (QED) is 0.353. The normalized spacial score (nSPS) is 11.8. The second-order valence-corrected chi connectivity index (χ2v) is 10.3. The lowest BCUT2D eigenvalue weighted by Gasteiger charge is -2.13. The summed E-state index contributed by atoms with van der Waals surface area (Å²) >= 11 is 0. The van der Waals surface area contributed by atoms with Crippen molar-refractivity contribution in [1.29, 1.82) is 0 Å². The van der Waals surface area contributed by atoms with E-state index in [1.54, 1.807) is 26.2 Å². The summed E-state index contributed by atoms with van der Waals surface area (Å²) in [4.78, 5) is 12.0. The average molecular weight is 470 g/mol. The van der Waals surface area contributed by atoms with E-state index in [4.69, 9.17) is 14.2 Å². The molecule has 0 bridgehead atoms. The average Bonchev–Trinajstić information content (AvgIpc) is 3.09. The highest BCUT2D eigenvalue weighted by atomic mass is 32.2. The maximum absolute atomic E-state index is 11.7. The van der Waals surface area contributed by atoms with Crippen LogP contribution in [-0.2, 0) is 9.84 Å². The number of ether oxygens (including phenoxy) is 3. The molecule has 2 aromatic heterocycles. The van der Waals surface area contributed by atoms with Gasteiger partial charge in [-0.25, -0.2) is 18.4 Å². The molecule has 0 saturated carbocycles. The van der Waals surface area contributed by atoms with Gasteiger partial charge in [0.2, 0.25) is 5.88 Å². The number of aromatic nitrogens is 3. The van der Waals surface area contributed by atoms with Gasteiger partial charge in [0.1, 0.15) is 21.9 Å². The van der Waals surface area contributed by atoms with E-state index in [9.17, 15) is 8.42 Å². The standard InChI is InChI=1S/C24H27N3O5S/c1-5-33(28,29)10-6-9-31-23-13-21-19(12-22(23)30-4)24(26-14-25-21)32-17-7-8-20-18(11-17)15(2)16(3)27-20/h7-8,11-14,27H,5-6,9-10H2,1-4H3. The number of aromatic amines is 1. The monoisotopic (exact) mass is 469 g/mol. The summed E-state index contributed by atoms with van der Waals surface area (Å²) < 4.78 is 40.8. The van der Waals surface area contributed by atoms with E-state index in [1.807, 2.05) is 25.1 Å². The molecule has 0 unspecified atom stereocenters. The lowest BCUT2D eigenvalue weighted by atomic mass is 10.1. The largest absolute Gasteiger partial charge is 0.493 e. The van der Waals surface area contributed by atoms with Crippen molar-refractivity contribution in [3.63, 3.8) is 0 Å². The van der Waals surface area contributed by atoms with Gasteiger partial charge in [0.25, 0.3) is 0 Å². The van der Waals surface area contributed by atoms with Crippen LogP contribution in [0.3, 0.4) is 0 Å². The van der Waals surface area contributed by atoms with E-state index in [2.05, 4.69) is 21.9 Å². The van der Waals surface area contributed by atoms with Gasteiger partial charge < -0.3 is 19.2 Å². The predicted octanol–water partition coefficient (Wildman–Crippen LogP) is 4.73. The highest BCUT2D eigenvalue weighted by molar-refractivity contribution is 7.91. The van der Waals surface area contributed by atoms with Gasteiger partial charge in [-0.1, -0.05) is 6.92 Å². The molecule has 8 nitrogen and oxygen atoms in total. The number of hydrogen-bond donors (Lipinski definition) is 1. The van der Waals surface area contributed by atoms with E-state index in [0.717, 1.165) is 16.6 Å². The number of sulfone groups is 1. The third kappa shape index (κ3) is 4.88. The fourth-order valence-corrected chi connectivity index (χ4v) is 4.46. The Morgan fingerprint density at radius 2 is 1.85 bits per heavy atom. The minimum absolute atomic E-state index is 0.0873. The summed E-state index contributed by atoms with van der Waals surface area (Å²) in [5.41, 5.74) is 3.99. The lowest BCUT2D eigenvalue weighted by Crippen LogP contribution is -2.12. The molecule has 4 aromatic rings. The van der Waals surface area contributed by atoms with Gasteiger partial charge in [0, 0.05) is 28.4 Å². The molecule has 9 heteroatoms. The van der Waals surface area contributed by atoms with E-state index in [-0.39, 0.29) is 18.1 Å². The van der Waals surface area contributed by atoms with Crippen molar-refractivity contribution in [2.24, 2.45) is 0 Å². The third-order valence-electron chi connectivity index (χ3n) is 5.68. The SMILES string of the molecule is CCS(=O)(=O)CCCOc1cc2ncnc(Oc3ccc4[nH]c(C)c(C)c4c3)c2cc1OC. The van der Waals surface area contributed by atoms with Crippen molar-refractivity contribution in [1.82, 2.24) is 15.0 Å². The Bertz CT molecular complexity index is 1410. The van der Waals surface area contributed by atoms with Crippen LogP contribution in [0, 0.1) is 13.8 Å². The van der Waals surface area contributed by atoms with Crippen molar-refractivity contribution >= 4 is 31.6 Å². The van der Waals surface area contributed by atoms with Crippen LogP contribution in [0.2, 0.25) is 0 Å². The summed E-state index contributed by atoms with van der Waals surface area (Å²) in [6, 6.07) is 9.39. The molecule has 0 aliphatic carbocycles. The molecule has 0 saturated heterocycles. The van der Waals surface area contributed by atoms with Crippen molar-refractivity contribution in [2.45, 2.75) is 27.2 Å². The smallest absolute Gasteiger partial charge is 0.230 e. The fourth-order valence-electron chi connectivity index (χ4n) is 3.61. The predicted molar refractivity (Wildman–Crippen MR) is 128 cm³/mol. The number of rotatable bonds is 9. The van der Waals surface area contributed by atoms with Gasteiger partial charge >= 0.3 is 0 Å². The molecule has 1 N–H and O–H groups in total. The number of methoxy groups -OCH3 is 1. The van der Waals surface area contributed by atoms with Gasteiger partial charge in [0.15, 0.2) is 11.5 Å². The number of hydrogen-bond acceptors (Lipinski definition) is 7. The van der Waals surface area contributed by atoms with Crippen LogP contribution in [0.15, 0.2) is 36.7 Å². The van der Waals surface area contributed by atoms with E-state index < -0.39 is 9.84 Å². The number of benzene rings is 2. The Labute approximate surface area is 192 Å². The molecule has 0 amide bonds. The van der Waals surface area contributed by atoms with Crippen LogP contribution in [0.4, 0.5) is 0 Å². The molecule has 0 aliphatic rings. The molecular formula is C24H27N3O5S. The summed E-state index contributed by atoms with van der Waals surface area (Å²) in [6.45, 7) is 6.01. The van der Waals surface area contributed by atoms with E-state index in [1.165, 1.54) is 11.9 Å². The summed E-state index contributed by atoms with van der Waals surface area (Å²) in [7, 11) is -1.48. The highest BCUT2D eigenvalue weighted by Gasteiger charge is 2.15. The number of fused-ring (bicyclic) bond motifs is 2. The lowest BCUT2D eigenvalue weighted by molar-refractivity contribution is 0.295. The first kappa shape index (κ1) is 22.8. The van der Waals surface area contributed by atoms with Crippen molar-refractivity contribution in [3.05, 3.63) is 47.9 Å². The Morgan fingerprint density at radius 3 is 2.61 bits per heavy atom. The molecular weight excluding hydrogens is 442 g/mol. The molecule has 33 heavy (non-hydrogen) atoms. The zero-order chi connectivity index (χ0) is 23.6. The van der Waals surface area contributed by atoms with Crippen LogP contribution >= 0.6 is 0 Å². The molecule has 2 heterocycles. The second-order valence-electron chi connectivity index (χ2n) is 7.82. The van der Waals surface area contributed by atoms with Crippen LogP contribution in [0.5, 0.6) is 23.1 Å². The zero-order valence-electron chi connectivity index (χ0n) is 19.1. The van der Waals surface area contributed by atoms with Gasteiger partial charge in [-0.05, 0) is 50.1 Å². The van der Waals surface area contributed by atoms with Crippen molar-refractivity contribution < 1.29 is 22.6 Å². The van der Waals surface area contributed by atoms with Crippen LogP contribution in [0.1, 0.15) is 24.6 Å². The molecule has 0 radical (unpaired) electrons. The minimum atomic E-state index is -3.03. The Balaban J connectivity index is 1.59. The van der Waals surface area contributed by atoms with Gasteiger partial charge in [-0.2, -0.15) is 0 Å². The van der Waals surface area contributed by atoms with Crippen LogP contribution < -0.4 is 14.2 Å². The second kappa shape index (κ2) is 9.27. The summed E-state index contributed by atoms with van der Waals surface area (Å²) in [6.07, 6.45) is 1.84. The first-order valence-corrected chi connectivity index (χ1v) is 12.6. The first-order valence-electron chi connectivity index (χ1n) is 10.7. The van der Waals surface area contributed by atoms with E-state index >= 15 is 0 Å². The molecule has 0 atom stereocenters. The van der Waals surface area contributed by atoms with Crippen molar-refractivity contribution in [3.8, 4) is 23.1 Å². The fraction of sp³-hybridized carbons (Fsp3) is 0.333. The molecule has 0 aliphatic heterocycles. The number of nitrogens with one attached hydrogen (secondary N) is 1. The molecule has 0 spiro atoms. The maximum Gasteiger partial charge on any atom is 0.230 e. The van der Waals surface area contributed by atoms with Crippen molar-refractivity contribution in [2.75, 3.05) is 25.2 Å². The number of aryl methyl sites for hydroxylation is 2. The molecule has 0 fully saturated rings. The van der Waals surface area contributed by atoms with E-state index in [0.29, 0.717) is 40.5 Å². The van der Waals surface area contributed by atoms with Gasteiger partial charge in [-0.3, -0.25) is 0 Å². The van der Waals surface area contributed by atoms with Gasteiger partial charge in [-0.15, -0.1) is 0 Å². The summed E-state index contributed by atoms with van der Waals surface area (Å²) in [5.74, 6) is 2.27. The Morgan fingerprint density at radius 1 is 1.03 bits per heavy atom. The third-order valence-corrected chi connectivity index (χ3v) is 7.47. The first-order chi connectivity index (χ1) is 15.8. The molecule has 174 valence electrons. The van der Waals surface area contributed by atoms with Crippen LogP contribution in [-0.4, -0.2) is 48.6 Å². The number of H-pyrrole nitrogens is 1. The van der Waals surface area contributed by atoms with Crippen LogP contribution in [0.25, 0.3) is 21.8 Å². The summed E-state index contributed by atoms with van der Waals surface area (Å²) in [5, 5.41) is 1.78. The molecule has 4 rings (SSSR count). The zero-order valence-corrected chi connectivity index (χ0v) is 20.0. The topological polar surface area (TPSA) is 103 Å². The number of nitrogens with zero attached hydrogens (tertiary/aromatic N) is 2. The molecule has 2 aromatic carbocycles. The highest BCUT2D eigenvalue weighted by Crippen LogP contribution is 2.36. The maximum atomic E-state index is 11.7. The Kier molecular flexibility index (Phi) is 6.42.